The van der Waals surface area contributed by atoms with Crippen molar-refractivity contribution in [2.45, 2.75) is 32.4 Å². The van der Waals surface area contributed by atoms with Gasteiger partial charge in [-0.25, -0.2) is 4.79 Å². The second-order valence-corrected chi connectivity index (χ2v) is 5.18. The Hall–Kier alpha value is -2.37. The van der Waals surface area contributed by atoms with Gasteiger partial charge in [-0.1, -0.05) is 37.3 Å². The zero-order valence-electron chi connectivity index (χ0n) is 12.6. The summed E-state index contributed by atoms with van der Waals surface area (Å²) in [6.45, 7) is 2.40. The molecule has 118 valence electrons. The van der Waals surface area contributed by atoms with Gasteiger partial charge in [-0.2, -0.15) is 0 Å². The average Bonchev–Trinajstić information content (AvgIpc) is 2.55. The van der Waals surface area contributed by atoms with Gasteiger partial charge >= 0.3 is 6.09 Å². The molecular weight excluding hydrogens is 284 g/mol. The highest BCUT2D eigenvalue weighted by Crippen LogP contribution is 2.10. The predicted octanol–water partition coefficient (Wildman–Crippen LogP) is 1.49. The first kappa shape index (κ1) is 16.0. The second kappa shape index (κ2) is 7.59. The molecule has 2 rings (SSSR count). The van der Waals surface area contributed by atoms with Crippen LogP contribution < -0.4 is 5.32 Å². The van der Waals surface area contributed by atoms with Crippen LogP contribution in [-0.4, -0.2) is 41.8 Å². The topological polar surface area (TPSA) is 75.7 Å². The molecule has 1 atom stereocenters. The van der Waals surface area contributed by atoms with Crippen molar-refractivity contribution in [1.29, 1.82) is 0 Å². The van der Waals surface area contributed by atoms with Gasteiger partial charge < -0.3 is 15.0 Å². The van der Waals surface area contributed by atoms with Crippen LogP contribution in [0.5, 0.6) is 0 Å². The van der Waals surface area contributed by atoms with E-state index < -0.39 is 12.1 Å². The highest BCUT2D eigenvalue weighted by atomic mass is 16.6. The summed E-state index contributed by atoms with van der Waals surface area (Å²) in [7, 11) is 0. The lowest BCUT2D eigenvalue weighted by Gasteiger charge is -2.31. The highest BCUT2D eigenvalue weighted by molar-refractivity contribution is 5.90. The zero-order valence-corrected chi connectivity index (χ0v) is 12.6. The van der Waals surface area contributed by atoms with Gasteiger partial charge in [-0.05, 0) is 5.56 Å². The van der Waals surface area contributed by atoms with E-state index in [2.05, 4.69) is 5.32 Å². The van der Waals surface area contributed by atoms with E-state index in [0.29, 0.717) is 13.0 Å². The van der Waals surface area contributed by atoms with Gasteiger partial charge in [0, 0.05) is 19.4 Å². The van der Waals surface area contributed by atoms with Crippen LogP contribution in [0.1, 0.15) is 25.3 Å². The molecule has 1 aromatic rings. The molecule has 0 spiro atoms. The second-order valence-electron chi connectivity index (χ2n) is 5.18. The number of nitrogens with one attached hydrogen (secondary N) is 1. The molecular formula is C16H20N2O4. The minimum absolute atomic E-state index is 0.0473. The Kier molecular flexibility index (Phi) is 5.52. The van der Waals surface area contributed by atoms with Crippen LogP contribution in [0, 0.1) is 0 Å². The van der Waals surface area contributed by atoms with Crippen LogP contribution in [0.15, 0.2) is 30.3 Å². The van der Waals surface area contributed by atoms with Crippen molar-refractivity contribution in [2.75, 3.05) is 13.1 Å². The SMILES string of the molecule is CCC(=O)N[C@H]1CN(C(=O)OCc2ccccc2)CCC1=O. The fourth-order valence-corrected chi connectivity index (χ4v) is 2.23. The van der Waals surface area contributed by atoms with Crippen molar-refractivity contribution in [3.05, 3.63) is 35.9 Å². The maximum Gasteiger partial charge on any atom is 0.410 e. The molecule has 1 heterocycles. The van der Waals surface area contributed by atoms with Crippen LogP contribution in [0.25, 0.3) is 0 Å². The Morgan fingerprint density at radius 3 is 2.73 bits per heavy atom. The Morgan fingerprint density at radius 2 is 2.05 bits per heavy atom. The van der Waals surface area contributed by atoms with Crippen molar-refractivity contribution >= 4 is 17.8 Å². The minimum Gasteiger partial charge on any atom is -0.445 e. The molecule has 1 N–H and O–H groups in total. The summed E-state index contributed by atoms with van der Waals surface area (Å²) >= 11 is 0. The number of carbonyl (C=O) groups excluding carboxylic acids is 3. The third kappa shape index (κ3) is 4.31. The highest BCUT2D eigenvalue weighted by Gasteiger charge is 2.31. The number of piperidine rings is 1. The summed E-state index contributed by atoms with van der Waals surface area (Å²) in [6.07, 6.45) is 0.0734. The van der Waals surface area contributed by atoms with E-state index in [1.807, 2.05) is 30.3 Å². The number of ketones is 1. The largest absolute Gasteiger partial charge is 0.445 e. The van der Waals surface area contributed by atoms with Crippen LogP contribution in [0.2, 0.25) is 0 Å². The maximum atomic E-state index is 12.1. The van der Waals surface area contributed by atoms with Gasteiger partial charge in [0.25, 0.3) is 0 Å². The van der Waals surface area contributed by atoms with Crippen LogP contribution >= 0.6 is 0 Å². The summed E-state index contributed by atoms with van der Waals surface area (Å²) in [5.74, 6) is -0.244. The van der Waals surface area contributed by atoms with Crippen molar-refractivity contribution in [3.63, 3.8) is 0 Å². The molecule has 2 amide bonds. The standard InChI is InChI=1S/C16H20N2O4/c1-2-15(20)17-13-10-18(9-8-14(13)19)16(21)22-11-12-6-4-3-5-7-12/h3-7,13H,2,8-11H2,1H3,(H,17,20)/t13-/m0/s1. The van der Waals surface area contributed by atoms with Crippen molar-refractivity contribution in [1.82, 2.24) is 10.2 Å². The smallest absolute Gasteiger partial charge is 0.410 e. The summed E-state index contributed by atoms with van der Waals surface area (Å²) in [5, 5.41) is 2.64. The summed E-state index contributed by atoms with van der Waals surface area (Å²) < 4.78 is 5.25. The molecule has 1 aliphatic heterocycles. The molecule has 0 aromatic heterocycles. The number of ether oxygens (including phenoxy) is 1. The molecule has 1 aromatic carbocycles. The normalized spacial score (nSPS) is 18.0. The van der Waals surface area contributed by atoms with Crippen LogP contribution in [0.4, 0.5) is 4.79 Å². The van der Waals surface area contributed by atoms with Crippen molar-refractivity contribution in [2.24, 2.45) is 0 Å². The molecule has 6 heteroatoms. The Labute approximate surface area is 129 Å². The third-order valence-corrected chi connectivity index (χ3v) is 3.54. The Bertz CT molecular complexity index is 544. The molecule has 1 aliphatic rings. The molecule has 0 unspecified atom stereocenters. The first-order valence-electron chi connectivity index (χ1n) is 7.38. The summed E-state index contributed by atoms with van der Waals surface area (Å²) in [4.78, 5) is 36.7. The van der Waals surface area contributed by atoms with Gasteiger partial charge in [-0.15, -0.1) is 0 Å². The van der Waals surface area contributed by atoms with E-state index in [0.717, 1.165) is 5.56 Å². The lowest BCUT2D eigenvalue weighted by Crippen LogP contribution is -2.54. The van der Waals surface area contributed by atoms with Crippen LogP contribution in [-0.2, 0) is 20.9 Å². The number of hydrogen-bond donors (Lipinski definition) is 1. The first-order valence-corrected chi connectivity index (χ1v) is 7.38. The molecule has 0 bridgehead atoms. The number of benzene rings is 1. The number of hydrogen-bond acceptors (Lipinski definition) is 4. The van der Waals surface area contributed by atoms with Crippen molar-refractivity contribution < 1.29 is 19.1 Å². The number of rotatable bonds is 4. The fourth-order valence-electron chi connectivity index (χ4n) is 2.23. The third-order valence-electron chi connectivity index (χ3n) is 3.54. The maximum absolute atomic E-state index is 12.1. The number of amides is 2. The summed E-state index contributed by atoms with van der Waals surface area (Å²) in [5.41, 5.74) is 0.903. The number of nitrogens with zero attached hydrogens (tertiary/aromatic N) is 1. The summed E-state index contributed by atoms with van der Waals surface area (Å²) in [6, 6.07) is 8.75. The molecule has 0 saturated carbocycles. The Balaban J connectivity index is 1.87. The molecule has 1 saturated heterocycles. The van der Waals surface area contributed by atoms with Gasteiger partial charge in [0.1, 0.15) is 12.6 Å². The zero-order chi connectivity index (χ0) is 15.9. The average molecular weight is 304 g/mol. The quantitative estimate of drug-likeness (QED) is 0.914. The van der Waals surface area contributed by atoms with E-state index in [1.54, 1.807) is 6.92 Å². The van der Waals surface area contributed by atoms with Gasteiger partial charge in [0.2, 0.25) is 5.91 Å². The van der Waals surface area contributed by atoms with E-state index in [4.69, 9.17) is 4.74 Å². The molecule has 0 aliphatic carbocycles. The van der Waals surface area contributed by atoms with Crippen molar-refractivity contribution in [3.8, 4) is 0 Å². The van der Waals surface area contributed by atoms with Crippen LogP contribution in [0.3, 0.4) is 0 Å². The van der Waals surface area contributed by atoms with Gasteiger partial charge in [0.15, 0.2) is 5.78 Å². The molecule has 1 fully saturated rings. The predicted molar refractivity (Wildman–Crippen MR) is 80.0 cm³/mol. The minimum atomic E-state index is -0.634. The van der Waals surface area contributed by atoms with E-state index in [9.17, 15) is 14.4 Å². The van der Waals surface area contributed by atoms with Gasteiger partial charge in [-0.3, -0.25) is 9.59 Å². The van der Waals surface area contributed by atoms with E-state index >= 15 is 0 Å². The first-order chi connectivity index (χ1) is 10.6. The van der Waals surface area contributed by atoms with Gasteiger partial charge in [0.05, 0.1) is 6.54 Å². The number of likely N-dealkylation sites (tertiary alicyclic amines) is 1. The molecule has 22 heavy (non-hydrogen) atoms. The monoisotopic (exact) mass is 304 g/mol. The number of carbonyl (C=O) groups is 3. The van der Waals surface area contributed by atoms with E-state index in [-0.39, 0.29) is 31.3 Å². The fraction of sp³-hybridized carbons (Fsp3) is 0.438. The molecule has 0 radical (unpaired) electrons. The lowest BCUT2D eigenvalue weighted by atomic mass is 10.0. The molecule has 6 nitrogen and oxygen atoms in total. The number of Topliss-reactive ketones (excluding diaryl/α,β-unsaturated/α-hetero) is 1. The lowest BCUT2D eigenvalue weighted by molar-refractivity contribution is -0.129. The Morgan fingerprint density at radius 1 is 1.32 bits per heavy atom. The van der Waals surface area contributed by atoms with E-state index in [1.165, 1.54) is 4.90 Å².